The number of rotatable bonds is 3. The number of nitrogens with one attached hydrogen (secondary N) is 3. The van der Waals surface area contributed by atoms with Gasteiger partial charge in [0.15, 0.2) is 0 Å². The average Bonchev–Trinajstić information content (AvgIpc) is 2.89. The second-order valence-corrected chi connectivity index (χ2v) is 4.92. The molecule has 106 valence electrons. The van der Waals surface area contributed by atoms with E-state index in [0.29, 0.717) is 21.8 Å². The molecule has 2 aromatic heterocycles. The Morgan fingerprint density at radius 3 is 2.86 bits per heavy atom. The number of hydrogen-bond acceptors (Lipinski definition) is 3. The van der Waals surface area contributed by atoms with E-state index in [-0.39, 0.29) is 18.0 Å². The summed E-state index contributed by atoms with van der Waals surface area (Å²) in [5.41, 5.74) is 1.54. The SMILES string of the molecule is O=C(NCc1cc(=O)[nH][nH]1)c1ccnc2cc(Cl)ccc12. The van der Waals surface area contributed by atoms with Crippen LogP contribution in [0.1, 0.15) is 16.1 Å². The van der Waals surface area contributed by atoms with Crippen LogP contribution < -0.4 is 10.9 Å². The number of aromatic nitrogens is 3. The van der Waals surface area contributed by atoms with Crippen molar-refractivity contribution in [1.82, 2.24) is 20.5 Å². The highest BCUT2D eigenvalue weighted by Crippen LogP contribution is 2.20. The Bertz CT molecular complexity index is 869. The fourth-order valence-corrected chi connectivity index (χ4v) is 2.22. The van der Waals surface area contributed by atoms with Crippen LogP contribution in [0.15, 0.2) is 41.3 Å². The number of pyridine rings is 1. The van der Waals surface area contributed by atoms with Crippen molar-refractivity contribution in [2.45, 2.75) is 6.54 Å². The summed E-state index contributed by atoms with van der Waals surface area (Å²) in [7, 11) is 0. The Balaban J connectivity index is 1.86. The van der Waals surface area contributed by atoms with Crippen LogP contribution in [0, 0.1) is 0 Å². The van der Waals surface area contributed by atoms with Crippen LogP contribution in [0.25, 0.3) is 10.9 Å². The van der Waals surface area contributed by atoms with Crippen molar-refractivity contribution < 1.29 is 4.79 Å². The zero-order valence-corrected chi connectivity index (χ0v) is 11.6. The minimum absolute atomic E-state index is 0.231. The van der Waals surface area contributed by atoms with Gasteiger partial charge in [0.2, 0.25) is 0 Å². The number of H-pyrrole nitrogens is 2. The van der Waals surface area contributed by atoms with E-state index in [1.807, 2.05) is 0 Å². The highest BCUT2D eigenvalue weighted by atomic mass is 35.5. The first-order valence-corrected chi connectivity index (χ1v) is 6.60. The summed E-state index contributed by atoms with van der Waals surface area (Å²) in [5.74, 6) is -0.244. The van der Waals surface area contributed by atoms with E-state index in [9.17, 15) is 9.59 Å². The molecule has 0 aliphatic rings. The molecule has 1 aromatic carbocycles. The largest absolute Gasteiger partial charge is 0.346 e. The summed E-state index contributed by atoms with van der Waals surface area (Å²) >= 11 is 5.92. The minimum Gasteiger partial charge on any atom is -0.346 e. The molecule has 0 bridgehead atoms. The van der Waals surface area contributed by atoms with Crippen molar-refractivity contribution in [1.29, 1.82) is 0 Å². The first kappa shape index (κ1) is 13.4. The Hall–Kier alpha value is -2.60. The molecule has 0 fully saturated rings. The fourth-order valence-electron chi connectivity index (χ4n) is 2.06. The van der Waals surface area contributed by atoms with E-state index in [4.69, 9.17) is 11.6 Å². The predicted octanol–water partition coefficient (Wildman–Crippen LogP) is 1.83. The number of fused-ring (bicyclic) bond motifs is 1. The van der Waals surface area contributed by atoms with Crippen LogP contribution >= 0.6 is 11.6 Å². The van der Waals surface area contributed by atoms with E-state index in [2.05, 4.69) is 20.5 Å². The number of carbonyl (C=O) groups is 1. The molecule has 2 heterocycles. The molecule has 0 saturated heterocycles. The van der Waals surface area contributed by atoms with Gasteiger partial charge in [-0.25, -0.2) is 0 Å². The Labute approximate surface area is 124 Å². The molecule has 1 amide bonds. The Morgan fingerprint density at radius 2 is 2.10 bits per heavy atom. The predicted molar refractivity (Wildman–Crippen MR) is 79.3 cm³/mol. The summed E-state index contributed by atoms with van der Waals surface area (Å²) in [6, 6.07) is 8.22. The summed E-state index contributed by atoms with van der Waals surface area (Å²) in [6.07, 6.45) is 1.56. The lowest BCUT2D eigenvalue weighted by atomic mass is 10.1. The monoisotopic (exact) mass is 302 g/mol. The van der Waals surface area contributed by atoms with E-state index >= 15 is 0 Å². The van der Waals surface area contributed by atoms with Crippen LogP contribution in [0.3, 0.4) is 0 Å². The third kappa shape index (κ3) is 2.80. The fraction of sp³-hybridized carbons (Fsp3) is 0.0714. The van der Waals surface area contributed by atoms with Gasteiger partial charge in [-0.15, -0.1) is 0 Å². The summed E-state index contributed by atoms with van der Waals surface area (Å²) in [6.45, 7) is 0.231. The highest BCUT2D eigenvalue weighted by molar-refractivity contribution is 6.31. The second kappa shape index (κ2) is 5.41. The number of halogens is 1. The molecule has 0 saturated carbocycles. The number of benzene rings is 1. The molecule has 0 aliphatic carbocycles. The normalized spacial score (nSPS) is 10.7. The van der Waals surface area contributed by atoms with Crippen LogP contribution in [-0.4, -0.2) is 21.1 Å². The Morgan fingerprint density at radius 1 is 1.24 bits per heavy atom. The van der Waals surface area contributed by atoms with Gasteiger partial charge in [-0.3, -0.25) is 19.7 Å². The molecule has 0 unspecified atom stereocenters. The number of aromatic amines is 2. The van der Waals surface area contributed by atoms with E-state index < -0.39 is 0 Å². The Kier molecular flexibility index (Phi) is 3.45. The van der Waals surface area contributed by atoms with Crippen molar-refractivity contribution >= 4 is 28.4 Å². The lowest BCUT2D eigenvalue weighted by Crippen LogP contribution is -2.23. The van der Waals surface area contributed by atoms with Crippen LogP contribution in [0.5, 0.6) is 0 Å². The topological polar surface area (TPSA) is 90.6 Å². The van der Waals surface area contributed by atoms with Gasteiger partial charge in [0.05, 0.1) is 23.3 Å². The summed E-state index contributed by atoms with van der Waals surface area (Å²) < 4.78 is 0. The number of carbonyl (C=O) groups excluding carboxylic acids is 1. The maximum Gasteiger partial charge on any atom is 0.264 e. The molecule has 0 radical (unpaired) electrons. The first-order chi connectivity index (χ1) is 10.1. The second-order valence-electron chi connectivity index (χ2n) is 4.49. The van der Waals surface area contributed by atoms with Gasteiger partial charge in [0.1, 0.15) is 0 Å². The van der Waals surface area contributed by atoms with Gasteiger partial charge in [-0.2, -0.15) is 0 Å². The van der Waals surface area contributed by atoms with Gasteiger partial charge in [-0.05, 0) is 18.2 Å². The highest BCUT2D eigenvalue weighted by Gasteiger charge is 2.11. The molecule has 0 atom stereocenters. The third-order valence-corrected chi connectivity index (χ3v) is 3.28. The lowest BCUT2D eigenvalue weighted by Gasteiger charge is -2.07. The van der Waals surface area contributed by atoms with Crippen molar-refractivity contribution in [3.8, 4) is 0 Å². The number of nitrogens with zero attached hydrogens (tertiary/aromatic N) is 1. The van der Waals surface area contributed by atoms with Crippen LogP contribution in [0.4, 0.5) is 0 Å². The van der Waals surface area contributed by atoms with E-state index in [1.54, 1.807) is 30.5 Å². The lowest BCUT2D eigenvalue weighted by molar-refractivity contribution is 0.0952. The van der Waals surface area contributed by atoms with Gasteiger partial charge >= 0.3 is 0 Å². The van der Waals surface area contributed by atoms with Crippen molar-refractivity contribution in [2.24, 2.45) is 0 Å². The van der Waals surface area contributed by atoms with Gasteiger partial charge in [0, 0.05) is 22.7 Å². The molecule has 6 nitrogen and oxygen atoms in total. The van der Waals surface area contributed by atoms with Gasteiger partial charge in [0.25, 0.3) is 11.5 Å². The van der Waals surface area contributed by atoms with Gasteiger partial charge < -0.3 is 10.4 Å². The maximum absolute atomic E-state index is 12.2. The average molecular weight is 303 g/mol. The zero-order chi connectivity index (χ0) is 14.8. The zero-order valence-electron chi connectivity index (χ0n) is 10.8. The van der Waals surface area contributed by atoms with E-state index in [0.717, 1.165) is 5.39 Å². The molecule has 3 rings (SSSR count). The van der Waals surface area contributed by atoms with Crippen LogP contribution in [0.2, 0.25) is 5.02 Å². The quantitative estimate of drug-likeness (QED) is 0.689. The van der Waals surface area contributed by atoms with Crippen molar-refractivity contribution in [3.05, 3.63) is 63.2 Å². The third-order valence-electron chi connectivity index (χ3n) is 3.04. The number of hydrogen-bond donors (Lipinski definition) is 3. The molecule has 3 N–H and O–H groups in total. The summed E-state index contributed by atoms with van der Waals surface area (Å²) in [5, 5.41) is 9.12. The molecule has 7 heteroatoms. The van der Waals surface area contributed by atoms with Crippen molar-refractivity contribution in [3.63, 3.8) is 0 Å². The maximum atomic E-state index is 12.2. The van der Waals surface area contributed by atoms with Gasteiger partial charge in [-0.1, -0.05) is 17.7 Å². The van der Waals surface area contributed by atoms with E-state index in [1.165, 1.54) is 6.07 Å². The molecule has 0 aliphatic heterocycles. The van der Waals surface area contributed by atoms with Crippen LogP contribution in [-0.2, 0) is 6.54 Å². The smallest absolute Gasteiger partial charge is 0.264 e. The molecule has 21 heavy (non-hydrogen) atoms. The molecular weight excluding hydrogens is 292 g/mol. The van der Waals surface area contributed by atoms with Crippen molar-refractivity contribution in [2.75, 3.05) is 0 Å². The summed E-state index contributed by atoms with van der Waals surface area (Å²) in [4.78, 5) is 27.4. The molecule has 0 spiro atoms. The number of amides is 1. The molecular formula is C14H11ClN4O2. The standard InChI is InChI=1S/C14H11ClN4O2/c15-8-1-2-10-11(3-4-16-12(10)5-8)14(21)17-7-9-6-13(20)19-18-9/h1-6H,7H2,(H,17,21)(H2,18,19,20). The minimum atomic E-state index is -0.244. The molecule has 3 aromatic rings. The first-order valence-electron chi connectivity index (χ1n) is 6.22.